The molecule has 3 aromatic rings. The maximum Gasteiger partial charge on any atom is 0.433 e. The first-order valence-electron chi connectivity index (χ1n) is 11.6. The Labute approximate surface area is 215 Å². The third-order valence-electron chi connectivity index (χ3n) is 6.50. The van der Waals surface area contributed by atoms with E-state index in [2.05, 4.69) is 20.3 Å². The summed E-state index contributed by atoms with van der Waals surface area (Å²) in [6.45, 7) is 0. The number of nitrogens with one attached hydrogen (secondary N) is 1. The molecule has 3 heterocycles. The zero-order chi connectivity index (χ0) is 25.3. The molecule has 2 aliphatic rings. The van der Waals surface area contributed by atoms with E-state index in [0.717, 1.165) is 11.8 Å². The minimum absolute atomic E-state index is 0.0464. The molecule has 1 aliphatic heterocycles. The van der Waals surface area contributed by atoms with Crippen LogP contribution in [0, 0.1) is 0 Å². The van der Waals surface area contributed by atoms with E-state index in [1.807, 2.05) is 6.07 Å². The number of rotatable bonds is 5. The number of halogens is 4. The van der Waals surface area contributed by atoms with Gasteiger partial charge < -0.3 is 10.2 Å². The quantitative estimate of drug-likeness (QED) is 0.423. The Morgan fingerprint density at radius 3 is 2.61 bits per heavy atom. The molecule has 6 nitrogen and oxygen atoms in total. The summed E-state index contributed by atoms with van der Waals surface area (Å²) >= 11 is 7.64. The Morgan fingerprint density at radius 1 is 1.14 bits per heavy atom. The van der Waals surface area contributed by atoms with Gasteiger partial charge in [-0.3, -0.25) is 14.8 Å². The molecule has 11 heteroatoms. The van der Waals surface area contributed by atoms with Gasteiger partial charge in [0, 0.05) is 40.1 Å². The molecule has 1 saturated carbocycles. The van der Waals surface area contributed by atoms with Gasteiger partial charge in [0.05, 0.1) is 22.9 Å². The lowest BCUT2D eigenvalue weighted by atomic mass is 9.89. The fourth-order valence-electron chi connectivity index (χ4n) is 4.76. The molecular weight excluding hydrogens is 511 g/mol. The molecule has 1 aliphatic carbocycles. The third-order valence-corrected chi connectivity index (χ3v) is 7.51. The molecule has 0 saturated heterocycles. The second-order valence-electron chi connectivity index (χ2n) is 8.89. The lowest BCUT2D eigenvalue weighted by Gasteiger charge is -2.38. The number of benzene rings is 1. The number of carbonyl (C=O) groups is 1. The van der Waals surface area contributed by atoms with Gasteiger partial charge in [-0.25, -0.2) is 4.98 Å². The molecule has 0 bridgehead atoms. The number of anilines is 2. The highest BCUT2D eigenvalue weighted by Gasteiger charge is 2.36. The summed E-state index contributed by atoms with van der Waals surface area (Å²) in [6, 6.07) is 8.85. The molecule has 36 heavy (non-hydrogen) atoms. The topological polar surface area (TPSA) is 70.5 Å². The summed E-state index contributed by atoms with van der Waals surface area (Å²) in [4.78, 5) is 27.4. The largest absolute Gasteiger partial charge is 0.433 e. The SMILES string of the molecule is O=C(C1CSC=N1)N(c1cccnc1)C1CCC(Nc2cc(C(F)(F)F)nc3ccc(Cl)cc23)CC1. The van der Waals surface area contributed by atoms with Crippen molar-refractivity contribution >= 4 is 57.1 Å². The van der Waals surface area contributed by atoms with E-state index < -0.39 is 17.9 Å². The van der Waals surface area contributed by atoms with Crippen molar-refractivity contribution in [2.45, 2.75) is 50.0 Å². The Morgan fingerprint density at radius 2 is 1.94 bits per heavy atom. The molecule has 1 unspecified atom stereocenters. The number of aliphatic imine (C=N–C) groups is 1. The number of pyridine rings is 2. The Bertz CT molecular complexity index is 1280. The summed E-state index contributed by atoms with van der Waals surface area (Å²) < 4.78 is 40.5. The maximum absolute atomic E-state index is 13.5. The molecule has 1 aromatic carbocycles. The predicted molar refractivity (Wildman–Crippen MR) is 138 cm³/mol. The first-order valence-corrected chi connectivity index (χ1v) is 13.0. The molecule has 2 aromatic heterocycles. The van der Waals surface area contributed by atoms with Crippen LogP contribution in [0.25, 0.3) is 10.9 Å². The molecular formula is C25H23ClF3N5OS. The van der Waals surface area contributed by atoms with Crippen molar-refractivity contribution in [1.29, 1.82) is 0 Å². The number of amides is 1. The number of fused-ring (bicyclic) bond motifs is 1. The molecule has 1 fully saturated rings. The van der Waals surface area contributed by atoms with Crippen molar-refractivity contribution in [1.82, 2.24) is 9.97 Å². The number of hydrogen-bond donors (Lipinski definition) is 1. The number of hydrogen-bond acceptors (Lipinski definition) is 6. The second kappa shape index (κ2) is 10.3. The van der Waals surface area contributed by atoms with Crippen molar-refractivity contribution in [2.24, 2.45) is 4.99 Å². The average Bonchev–Trinajstić information content (AvgIpc) is 3.41. The van der Waals surface area contributed by atoms with Crippen LogP contribution in [0.5, 0.6) is 0 Å². The van der Waals surface area contributed by atoms with Crippen LogP contribution in [0.15, 0.2) is 53.8 Å². The maximum atomic E-state index is 13.5. The van der Waals surface area contributed by atoms with Crippen LogP contribution in [0.3, 0.4) is 0 Å². The first kappa shape index (κ1) is 24.8. The summed E-state index contributed by atoms with van der Waals surface area (Å²) in [5, 5.41) is 4.27. The lowest BCUT2D eigenvalue weighted by Crippen LogP contribution is -2.48. The van der Waals surface area contributed by atoms with E-state index in [-0.39, 0.29) is 23.5 Å². The van der Waals surface area contributed by atoms with Crippen LogP contribution in [0.1, 0.15) is 31.4 Å². The summed E-state index contributed by atoms with van der Waals surface area (Å²) in [5.74, 6) is 0.566. The fourth-order valence-corrected chi connectivity index (χ4v) is 5.67. The van der Waals surface area contributed by atoms with Crippen molar-refractivity contribution in [3.63, 3.8) is 0 Å². The van der Waals surface area contributed by atoms with Crippen LogP contribution >= 0.6 is 23.4 Å². The second-order valence-corrected chi connectivity index (χ2v) is 10.2. The van der Waals surface area contributed by atoms with Gasteiger partial charge in [-0.2, -0.15) is 13.2 Å². The van der Waals surface area contributed by atoms with Gasteiger partial charge in [0.25, 0.3) is 5.91 Å². The van der Waals surface area contributed by atoms with E-state index in [1.54, 1.807) is 35.0 Å². The van der Waals surface area contributed by atoms with Gasteiger partial charge in [-0.1, -0.05) is 11.6 Å². The van der Waals surface area contributed by atoms with Crippen LogP contribution in [0.2, 0.25) is 5.02 Å². The summed E-state index contributed by atoms with van der Waals surface area (Å²) in [7, 11) is 0. The van der Waals surface area contributed by atoms with E-state index in [1.165, 1.54) is 23.9 Å². The first-order chi connectivity index (χ1) is 17.3. The fraction of sp³-hybridized carbons (Fsp3) is 0.360. The third kappa shape index (κ3) is 5.29. The van der Waals surface area contributed by atoms with Crippen LogP contribution < -0.4 is 10.2 Å². The van der Waals surface area contributed by atoms with E-state index in [4.69, 9.17) is 11.6 Å². The normalized spacial score (nSPS) is 22.1. The smallest absolute Gasteiger partial charge is 0.382 e. The average molecular weight is 534 g/mol. The van der Waals surface area contributed by atoms with E-state index >= 15 is 0 Å². The van der Waals surface area contributed by atoms with Crippen molar-refractivity contribution in [3.8, 4) is 0 Å². The lowest BCUT2D eigenvalue weighted by molar-refractivity contribution is -0.140. The van der Waals surface area contributed by atoms with Crippen molar-refractivity contribution in [2.75, 3.05) is 16.0 Å². The van der Waals surface area contributed by atoms with Crippen molar-refractivity contribution < 1.29 is 18.0 Å². The van der Waals surface area contributed by atoms with E-state index in [9.17, 15) is 18.0 Å². The van der Waals surface area contributed by atoms with Gasteiger partial charge in [0.2, 0.25) is 0 Å². The highest BCUT2D eigenvalue weighted by atomic mass is 35.5. The Balaban J connectivity index is 1.35. The zero-order valence-electron chi connectivity index (χ0n) is 19.1. The number of nitrogens with zero attached hydrogens (tertiary/aromatic N) is 4. The van der Waals surface area contributed by atoms with E-state index in [0.29, 0.717) is 47.5 Å². The summed E-state index contributed by atoms with van der Waals surface area (Å²) in [5.41, 5.74) is 2.09. The number of alkyl halides is 3. The molecule has 188 valence electrons. The molecule has 0 radical (unpaired) electrons. The van der Waals surface area contributed by atoms with Gasteiger partial charge >= 0.3 is 6.18 Å². The van der Waals surface area contributed by atoms with Gasteiger partial charge in [0.15, 0.2) is 0 Å². The van der Waals surface area contributed by atoms with Crippen LogP contribution in [-0.2, 0) is 11.0 Å². The Kier molecular flexibility index (Phi) is 7.07. The van der Waals surface area contributed by atoms with Crippen LogP contribution in [0.4, 0.5) is 24.5 Å². The standard InChI is InChI=1S/C25H23ClF3N5OS/c26-15-3-8-20-19(10-15)21(11-23(33-20)25(27,28)29)32-16-4-6-17(7-5-16)34(18-2-1-9-30-12-18)24(35)22-13-36-14-31-22/h1-3,8-12,14,16-17,22H,4-7,13H2,(H,32,33). The number of thioether (sulfide) groups is 1. The highest BCUT2D eigenvalue weighted by molar-refractivity contribution is 8.12. The van der Waals surface area contributed by atoms with Crippen LogP contribution in [-0.4, -0.2) is 45.3 Å². The monoisotopic (exact) mass is 533 g/mol. The molecule has 1 atom stereocenters. The molecule has 0 spiro atoms. The summed E-state index contributed by atoms with van der Waals surface area (Å²) in [6.07, 6.45) is 1.53. The van der Waals surface area contributed by atoms with Gasteiger partial charge in [-0.15, -0.1) is 11.8 Å². The number of carbonyl (C=O) groups excluding carboxylic acids is 1. The van der Waals surface area contributed by atoms with Gasteiger partial charge in [0.1, 0.15) is 11.7 Å². The van der Waals surface area contributed by atoms with Crippen molar-refractivity contribution in [3.05, 3.63) is 59.5 Å². The molecule has 5 rings (SSSR count). The zero-order valence-corrected chi connectivity index (χ0v) is 20.7. The minimum Gasteiger partial charge on any atom is -0.382 e. The molecule has 1 amide bonds. The highest BCUT2D eigenvalue weighted by Crippen LogP contribution is 2.36. The number of aromatic nitrogens is 2. The Hall–Kier alpha value is -2.85. The molecule has 1 N–H and O–H groups in total. The minimum atomic E-state index is -4.56. The van der Waals surface area contributed by atoms with Gasteiger partial charge in [-0.05, 0) is 62.1 Å². The predicted octanol–water partition coefficient (Wildman–Crippen LogP) is 6.20.